The number of benzene rings is 2. The van der Waals surface area contributed by atoms with E-state index in [-0.39, 0.29) is 30.0 Å². The Hall–Kier alpha value is -4.01. The van der Waals surface area contributed by atoms with Crippen LogP contribution in [0.2, 0.25) is 0 Å². The molecule has 9 nitrogen and oxygen atoms in total. The van der Waals surface area contributed by atoms with Gasteiger partial charge in [-0.2, -0.15) is 0 Å². The predicted molar refractivity (Wildman–Crippen MR) is 156 cm³/mol. The van der Waals surface area contributed by atoms with E-state index in [1.54, 1.807) is 27.9 Å². The molecule has 2 heterocycles. The summed E-state index contributed by atoms with van der Waals surface area (Å²) in [5, 5.41) is 7.78. The van der Waals surface area contributed by atoms with Gasteiger partial charge in [0.15, 0.2) is 0 Å². The van der Waals surface area contributed by atoms with E-state index in [1.807, 2.05) is 36.4 Å². The van der Waals surface area contributed by atoms with Crippen LogP contribution in [0.1, 0.15) is 71.3 Å². The van der Waals surface area contributed by atoms with Crippen molar-refractivity contribution in [2.45, 2.75) is 83.3 Å². The van der Waals surface area contributed by atoms with Crippen LogP contribution < -0.4 is 25.8 Å². The Kier molecular flexibility index (Phi) is 8.24. The topological polar surface area (TPSA) is 111 Å². The lowest BCUT2D eigenvalue weighted by atomic mass is 9.79. The largest absolute Gasteiger partial charge is 0.497 e. The van der Waals surface area contributed by atoms with Crippen LogP contribution in [0, 0.1) is 0 Å². The van der Waals surface area contributed by atoms with E-state index in [9.17, 15) is 9.59 Å². The Bertz CT molecular complexity index is 1480. The van der Waals surface area contributed by atoms with Crippen molar-refractivity contribution in [3.8, 4) is 22.6 Å². The molecule has 218 valence electrons. The second-order valence-corrected chi connectivity index (χ2v) is 11.9. The number of hydrogen-bond acceptors (Lipinski definition) is 7. The number of rotatable bonds is 6. The third-order valence-electron chi connectivity index (χ3n) is 7.59. The van der Waals surface area contributed by atoms with Gasteiger partial charge in [0.2, 0.25) is 11.5 Å². The summed E-state index contributed by atoms with van der Waals surface area (Å²) >= 11 is 0. The third-order valence-corrected chi connectivity index (χ3v) is 7.59. The summed E-state index contributed by atoms with van der Waals surface area (Å²) in [4.78, 5) is 24.3. The Morgan fingerprint density at radius 1 is 1.02 bits per heavy atom. The fourth-order valence-electron chi connectivity index (χ4n) is 5.56. The number of carbonyl (C=O) groups excluding carboxylic acids is 2. The summed E-state index contributed by atoms with van der Waals surface area (Å²) in [7, 11) is 1.64. The van der Waals surface area contributed by atoms with Gasteiger partial charge in [-0.25, -0.2) is 10.2 Å². The monoisotopic (exact) mass is 561 g/mol. The summed E-state index contributed by atoms with van der Waals surface area (Å²) in [6, 6.07) is 13.8. The fourth-order valence-corrected chi connectivity index (χ4v) is 5.56. The third kappa shape index (κ3) is 7.01. The number of fused-ring (bicyclic) bond motifs is 2. The fraction of sp³-hybridized carbons (Fsp3) is 0.469. The SMILES string of the molecule is COc1ccc(-c2c/c(=N/NC(=O)CCNC(=O)OC(C)(C)C)oc3cc4c(cc23)CCC2(CCCCC2)O4)cc1. The first kappa shape index (κ1) is 28.5. The highest BCUT2D eigenvalue weighted by Crippen LogP contribution is 2.44. The Labute approximate surface area is 240 Å². The maximum atomic E-state index is 12.5. The molecule has 1 saturated carbocycles. The van der Waals surface area contributed by atoms with Crippen molar-refractivity contribution in [1.82, 2.24) is 10.7 Å². The zero-order valence-electron chi connectivity index (χ0n) is 24.3. The van der Waals surface area contributed by atoms with E-state index in [0.29, 0.717) is 5.58 Å². The maximum Gasteiger partial charge on any atom is 0.407 e. The van der Waals surface area contributed by atoms with Gasteiger partial charge >= 0.3 is 6.09 Å². The van der Waals surface area contributed by atoms with Crippen LogP contribution >= 0.6 is 0 Å². The van der Waals surface area contributed by atoms with Crippen molar-refractivity contribution in [3.63, 3.8) is 0 Å². The van der Waals surface area contributed by atoms with Gasteiger partial charge in [0.05, 0.1) is 7.11 Å². The molecule has 1 aliphatic carbocycles. The van der Waals surface area contributed by atoms with Crippen LogP contribution in [0.3, 0.4) is 0 Å². The smallest absolute Gasteiger partial charge is 0.407 e. The normalized spacial score (nSPS) is 16.5. The van der Waals surface area contributed by atoms with E-state index in [4.69, 9.17) is 18.6 Å². The number of aryl methyl sites for hydroxylation is 1. The lowest BCUT2D eigenvalue weighted by molar-refractivity contribution is -0.121. The minimum absolute atomic E-state index is 0.0328. The van der Waals surface area contributed by atoms with Crippen molar-refractivity contribution in [2.24, 2.45) is 5.10 Å². The van der Waals surface area contributed by atoms with Crippen LogP contribution in [0.25, 0.3) is 22.1 Å². The van der Waals surface area contributed by atoms with E-state index < -0.39 is 11.7 Å². The van der Waals surface area contributed by atoms with Crippen LogP contribution in [0.15, 0.2) is 52.0 Å². The van der Waals surface area contributed by atoms with Crippen LogP contribution in [-0.2, 0) is 16.0 Å². The van der Waals surface area contributed by atoms with E-state index in [2.05, 4.69) is 21.9 Å². The summed E-state index contributed by atoms with van der Waals surface area (Å²) in [6.07, 6.45) is 7.29. The highest BCUT2D eigenvalue weighted by molar-refractivity contribution is 5.94. The first-order valence-electron chi connectivity index (χ1n) is 14.4. The van der Waals surface area contributed by atoms with Crippen molar-refractivity contribution < 1.29 is 28.2 Å². The molecule has 1 aliphatic heterocycles. The molecule has 0 radical (unpaired) electrons. The summed E-state index contributed by atoms with van der Waals surface area (Å²) in [6.45, 7) is 5.46. The second kappa shape index (κ2) is 11.8. The molecule has 9 heteroatoms. The Morgan fingerprint density at radius 2 is 1.78 bits per heavy atom. The summed E-state index contributed by atoms with van der Waals surface area (Å²) in [5.74, 6) is 1.26. The Balaban J connectivity index is 1.42. The van der Waals surface area contributed by atoms with Crippen molar-refractivity contribution in [1.29, 1.82) is 0 Å². The molecule has 0 saturated heterocycles. The molecular weight excluding hydrogens is 522 g/mol. The van der Waals surface area contributed by atoms with Crippen LogP contribution in [0.4, 0.5) is 4.79 Å². The molecule has 2 N–H and O–H groups in total. The number of alkyl carbamates (subject to hydrolysis) is 1. The van der Waals surface area contributed by atoms with Gasteiger partial charge in [-0.05, 0) is 94.2 Å². The van der Waals surface area contributed by atoms with Gasteiger partial charge in [0, 0.05) is 30.5 Å². The summed E-state index contributed by atoms with van der Waals surface area (Å²) in [5.41, 5.74) is 5.80. The zero-order valence-corrected chi connectivity index (χ0v) is 24.3. The minimum Gasteiger partial charge on any atom is -0.497 e. The Morgan fingerprint density at radius 3 is 2.49 bits per heavy atom. The first-order chi connectivity index (χ1) is 19.6. The number of ether oxygens (including phenoxy) is 3. The average molecular weight is 562 g/mol. The molecule has 2 aromatic carbocycles. The number of hydrogen-bond donors (Lipinski definition) is 2. The molecule has 1 fully saturated rings. The minimum atomic E-state index is -0.609. The molecule has 3 aromatic rings. The molecule has 41 heavy (non-hydrogen) atoms. The number of carbonyl (C=O) groups is 2. The van der Waals surface area contributed by atoms with Crippen molar-refractivity contribution >= 4 is 23.0 Å². The number of methoxy groups -OCH3 is 1. The lowest BCUT2D eigenvalue weighted by Crippen LogP contribution is -2.41. The van der Waals surface area contributed by atoms with Crippen molar-refractivity contribution in [3.05, 3.63) is 53.6 Å². The molecule has 1 aromatic heterocycles. The number of amides is 2. The molecule has 1 spiro atoms. The van der Waals surface area contributed by atoms with Gasteiger partial charge < -0.3 is 23.9 Å². The molecule has 0 atom stereocenters. The predicted octanol–water partition coefficient (Wildman–Crippen LogP) is 5.98. The zero-order chi connectivity index (χ0) is 29.0. The quantitative estimate of drug-likeness (QED) is 0.358. The average Bonchev–Trinajstić information content (AvgIpc) is 2.94. The highest BCUT2D eigenvalue weighted by atomic mass is 16.6. The molecule has 2 aliphatic rings. The molecular formula is C32H39N3O6. The van der Waals surface area contributed by atoms with Gasteiger partial charge in [0.1, 0.15) is 28.3 Å². The van der Waals surface area contributed by atoms with Gasteiger partial charge in [-0.3, -0.25) is 4.79 Å². The van der Waals surface area contributed by atoms with E-state index in [1.165, 1.54) is 24.8 Å². The lowest BCUT2D eigenvalue weighted by Gasteiger charge is -2.41. The van der Waals surface area contributed by atoms with Gasteiger partial charge in [-0.15, -0.1) is 5.10 Å². The molecule has 0 bridgehead atoms. The first-order valence-corrected chi connectivity index (χ1v) is 14.4. The maximum absolute atomic E-state index is 12.5. The molecule has 2 amide bonds. The van der Waals surface area contributed by atoms with Crippen LogP contribution in [-0.4, -0.2) is 36.9 Å². The molecule has 5 rings (SSSR count). The second-order valence-electron chi connectivity index (χ2n) is 11.9. The highest BCUT2D eigenvalue weighted by Gasteiger charge is 2.37. The summed E-state index contributed by atoms with van der Waals surface area (Å²) < 4.78 is 23.4. The van der Waals surface area contributed by atoms with Crippen molar-refractivity contribution in [2.75, 3.05) is 13.7 Å². The number of nitrogens with zero attached hydrogens (tertiary/aromatic N) is 1. The van der Waals surface area contributed by atoms with E-state index >= 15 is 0 Å². The van der Waals surface area contributed by atoms with Gasteiger partial charge in [-0.1, -0.05) is 18.6 Å². The standard InChI is InChI=1S/C32H39N3O6/c1-31(2,3)41-30(37)33-17-13-28(36)34-35-29-19-24(21-8-10-23(38-4)11-9-21)25-18-22-12-16-32(14-6-5-7-15-32)40-26(22)20-27(25)39-29/h8-11,18-20H,5-7,12-17H2,1-4H3,(H,33,37)(H,34,36)/b35-29-. The molecule has 0 unspecified atom stereocenters. The van der Waals surface area contributed by atoms with E-state index in [0.717, 1.165) is 53.7 Å². The van der Waals surface area contributed by atoms with Crippen LogP contribution in [0.5, 0.6) is 11.5 Å². The van der Waals surface area contributed by atoms with Gasteiger partial charge in [0.25, 0.3) is 0 Å². The number of nitrogens with one attached hydrogen (secondary N) is 2.